The lowest BCUT2D eigenvalue weighted by Gasteiger charge is -2.29. The summed E-state index contributed by atoms with van der Waals surface area (Å²) in [6.07, 6.45) is 1.51. The summed E-state index contributed by atoms with van der Waals surface area (Å²) < 4.78 is 1.04. The molecule has 0 fully saturated rings. The molecule has 4 heteroatoms. The molecule has 1 unspecified atom stereocenters. The first-order valence-electron chi connectivity index (χ1n) is 6.95. The van der Waals surface area contributed by atoms with E-state index >= 15 is 0 Å². The molecule has 2 aromatic rings. The number of rotatable bonds is 3. The van der Waals surface area contributed by atoms with Gasteiger partial charge in [-0.05, 0) is 49.1 Å². The fourth-order valence-corrected chi connectivity index (χ4v) is 3.55. The Morgan fingerprint density at radius 2 is 1.95 bits per heavy atom. The molecule has 3 rings (SSSR count). The van der Waals surface area contributed by atoms with Gasteiger partial charge in [-0.2, -0.15) is 0 Å². The number of hydrogen-bond acceptors (Lipinski definition) is 2. The van der Waals surface area contributed by atoms with Gasteiger partial charge in [-0.1, -0.05) is 45.8 Å². The third kappa shape index (κ3) is 2.33. The van der Waals surface area contributed by atoms with Gasteiger partial charge in [0.15, 0.2) is 0 Å². The van der Waals surface area contributed by atoms with Crippen molar-refractivity contribution in [1.29, 1.82) is 0 Å². The van der Waals surface area contributed by atoms with Crippen molar-refractivity contribution in [3.05, 3.63) is 63.6 Å². The molecule has 0 radical (unpaired) electrons. The summed E-state index contributed by atoms with van der Waals surface area (Å²) in [5.74, 6) is -0.333. The van der Waals surface area contributed by atoms with Crippen molar-refractivity contribution >= 4 is 27.5 Å². The summed E-state index contributed by atoms with van der Waals surface area (Å²) in [4.78, 5) is 12.2. The first kappa shape index (κ1) is 14.1. The minimum atomic E-state index is -0.825. The van der Waals surface area contributed by atoms with Gasteiger partial charge in [0.2, 0.25) is 5.91 Å². The van der Waals surface area contributed by atoms with Gasteiger partial charge in [-0.25, -0.2) is 0 Å². The monoisotopic (exact) mass is 344 g/mol. The Labute approximate surface area is 132 Å². The Hall–Kier alpha value is -1.81. The molecule has 0 aromatic heterocycles. The first-order valence-corrected chi connectivity index (χ1v) is 7.75. The van der Waals surface area contributed by atoms with Crippen LogP contribution in [0.25, 0.3) is 0 Å². The number of carbonyl (C=O) groups excluding carboxylic acids is 1. The lowest BCUT2D eigenvalue weighted by molar-refractivity contribution is -0.122. The quantitative estimate of drug-likeness (QED) is 0.895. The zero-order valence-electron chi connectivity index (χ0n) is 11.8. The Morgan fingerprint density at radius 1 is 1.24 bits per heavy atom. The molecule has 2 aromatic carbocycles. The number of hydrogen-bond donors (Lipinski definition) is 2. The highest BCUT2D eigenvalue weighted by Gasteiger charge is 2.44. The Morgan fingerprint density at radius 3 is 2.62 bits per heavy atom. The normalized spacial score (nSPS) is 20.1. The van der Waals surface area contributed by atoms with Crippen molar-refractivity contribution in [2.75, 3.05) is 5.32 Å². The molecule has 0 aliphatic heterocycles. The maximum atomic E-state index is 12.2. The molecule has 3 nitrogen and oxygen atoms in total. The molecule has 1 amide bonds. The molecule has 1 aliphatic rings. The summed E-state index contributed by atoms with van der Waals surface area (Å²) in [5.41, 5.74) is 9.17. The predicted octanol–water partition coefficient (Wildman–Crippen LogP) is 3.50. The molecule has 1 atom stereocenters. The van der Waals surface area contributed by atoms with E-state index < -0.39 is 5.54 Å². The van der Waals surface area contributed by atoms with Crippen molar-refractivity contribution in [2.24, 2.45) is 5.73 Å². The van der Waals surface area contributed by atoms with Crippen molar-refractivity contribution in [2.45, 2.75) is 25.3 Å². The van der Waals surface area contributed by atoms with Crippen LogP contribution in [-0.2, 0) is 16.8 Å². The maximum Gasteiger partial charge on any atom is 0.247 e. The molecule has 0 saturated heterocycles. The van der Waals surface area contributed by atoms with Crippen LogP contribution >= 0.6 is 15.9 Å². The van der Waals surface area contributed by atoms with Crippen molar-refractivity contribution in [3.8, 4) is 0 Å². The number of amides is 1. The SMILES string of the molecule is Cc1ccc(NC2(C(N)=O)CCc3c(Br)cccc32)cc1. The van der Waals surface area contributed by atoms with Gasteiger partial charge >= 0.3 is 0 Å². The first-order chi connectivity index (χ1) is 10.0. The molecule has 1 aliphatic carbocycles. The van der Waals surface area contributed by atoms with Crippen LogP contribution in [0.5, 0.6) is 0 Å². The summed E-state index contributed by atoms with van der Waals surface area (Å²) in [5, 5.41) is 3.37. The Kier molecular flexibility index (Phi) is 3.49. The van der Waals surface area contributed by atoms with Gasteiger partial charge in [-0.3, -0.25) is 4.79 Å². The molecular formula is C17H17BrN2O. The van der Waals surface area contributed by atoms with E-state index in [4.69, 9.17) is 5.73 Å². The van der Waals surface area contributed by atoms with Crippen LogP contribution in [0.2, 0.25) is 0 Å². The molecule has 0 spiro atoms. The second-order valence-electron chi connectivity index (χ2n) is 5.53. The number of nitrogens with one attached hydrogen (secondary N) is 1. The zero-order valence-corrected chi connectivity index (χ0v) is 13.4. The van der Waals surface area contributed by atoms with E-state index in [1.807, 2.05) is 49.4 Å². The second-order valence-corrected chi connectivity index (χ2v) is 6.38. The largest absolute Gasteiger partial charge is 0.368 e. The summed E-state index contributed by atoms with van der Waals surface area (Å²) in [6, 6.07) is 13.9. The molecule has 0 heterocycles. The number of halogens is 1. The summed E-state index contributed by atoms with van der Waals surface area (Å²) >= 11 is 3.56. The van der Waals surface area contributed by atoms with E-state index in [1.54, 1.807) is 0 Å². The maximum absolute atomic E-state index is 12.2. The van der Waals surface area contributed by atoms with E-state index in [1.165, 1.54) is 5.56 Å². The van der Waals surface area contributed by atoms with Gasteiger partial charge in [0, 0.05) is 10.2 Å². The van der Waals surface area contributed by atoms with Gasteiger partial charge < -0.3 is 11.1 Å². The number of primary amides is 1. The van der Waals surface area contributed by atoms with E-state index in [-0.39, 0.29) is 5.91 Å². The van der Waals surface area contributed by atoms with Gasteiger partial charge in [0.05, 0.1) is 0 Å². The number of fused-ring (bicyclic) bond motifs is 1. The van der Waals surface area contributed by atoms with Crippen LogP contribution in [0.15, 0.2) is 46.9 Å². The lowest BCUT2D eigenvalue weighted by atomic mass is 9.90. The molecule has 3 N–H and O–H groups in total. The van der Waals surface area contributed by atoms with Gasteiger partial charge in [-0.15, -0.1) is 0 Å². The average molecular weight is 345 g/mol. The number of anilines is 1. The summed E-state index contributed by atoms with van der Waals surface area (Å²) in [7, 11) is 0. The number of benzene rings is 2. The fraction of sp³-hybridized carbons (Fsp3) is 0.235. The van der Waals surface area contributed by atoms with E-state index in [0.717, 1.165) is 27.7 Å². The topological polar surface area (TPSA) is 55.1 Å². The molecular weight excluding hydrogens is 328 g/mol. The van der Waals surface area contributed by atoms with E-state index in [2.05, 4.69) is 21.2 Å². The minimum absolute atomic E-state index is 0.333. The van der Waals surface area contributed by atoms with Crippen LogP contribution in [-0.4, -0.2) is 5.91 Å². The highest BCUT2D eigenvalue weighted by Crippen LogP contribution is 2.42. The van der Waals surface area contributed by atoms with Gasteiger partial charge in [0.25, 0.3) is 0 Å². The molecule has 0 saturated carbocycles. The van der Waals surface area contributed by atoms with Crippen LogP contribution in [0, 0.1) is 6.92 Å². The standard InChI is InChI=1S/C17H17BrN2O/c1-11-5-7-12(8-6-11)20-17(16(19)21)10-9-13-14(17)3-2-4-15(13)18/h2-8,20H,9-10H2,1H3,(H2,19,21). The van der Waals surface area contributed by atoms with Crippen molar-refractivity contribution < 1.29 is 4.79 Å². The third-order valence-corrected chi connectivity index (χ3v) is 4.90. The molecule has 108 valence electrons. The smallest absolute Gasteiger partial charge is 0.247 e. The van der Waals surface area contributed by atoms with Crippen LogP contribution in [0.3, 0.4) is 0 Å². The summed E-state index contributed by atoms with van der Waals surface area (Å²) in [6.45, 7) is 2.04. The lowest BCUT2D eigenvalue weighted by Crippen LogP contribution is -2.46. The molecule has 0 bridgehead atoms. The number of nitrogens with two attached hydrogens (primary N) is 1. The average Bonchev–Trinajstić information content (AvgIpc) is 2.83. The highest BCUT2D eigenvalue weighted by atomic mass is 79.9. The Bertz CT molecular complexity index is 696. The van der Waals surface area contributed by atoms with Crippen molar-refractivity contribution in [3.63, 3.8) is 0 Å². The van der Waals surface area contributed by atoms with Crippen LogP contribution in [0.4, 0.5) is 5.69 Å². The highest BCUT2D eigenvalue weighted by molar-refractivity contribution is 9.10. The fourth-order valence-electron chi connectivity index (χ4n) is 2.99. The van der Waals surface area contributed by atoms with Gasteiger partial charge in [0.1, 0.15) is 5.54 Å². The minimum Gasteiger partial charge on any atom is -0.368 e. The second kappa shape index (κ2) is 5.19. The van der Waals surface area contributed by atoms with E-state index in [9.17, 15) is 4.79 Å². The van der Waals surface area contributed by atoms with Crippen LogP contribution < -0.4 is 11.1 Å². The Balaban J connectivity index is 2.06. The molecule has 21 heavy (non-hydrogen) atoms. The predicted molar refractivity (Wildman–Crippen MR) is 88.1 cm³/mol. The third-order valence-electron chi connectivity index (χ3n) is 4.16. The number of aryl methyl sites for hydroxylation is 1. The van der Waals surface area contributed by atoms with Crippen molar-refractivity contribution in [1.82, 2.24) is 0 Å². The van der Waals surface area contributed by atoms with E-state index in [0.29, 0.717) is 6.42 Å². The zero-order chi connectivity index (χ0) is 15.0. The van der Waals surface area contributed by atoms with Crippen LogP contribution in [0.1, 0.15) is 23.1 Å². The number of carbonyl (C=O) groups is 1.